The van der Waals surface area contributed by atoms with E-state index in [4.69, 9.17) is 14.4 Å². The first kappa shape index (κ1) is 32.2. The van der Waals surface area contributed by atoms with Crippen molar-refractivity contribution >= 4 is 74.7 Å². The van der Waals surface area contributed by atoms with Crippen molar-refractivity contribution in [3.05, 3.63) is 200 Å². The van der Waals surface area contributed by atoms with E-state index in [0.717, 1.165) is 66.9 Å². The van der Waals surface area contributed by atoms with Crippen molar-refractivity contribution in [1.29, 1.82) is 0 Å². The number of hydrogen-bond acceptors (Lipinski definition) is 3. The normalized spacial score (nSPS) is 13.1. The number of benzene rings is 8. The van der Waals surface area contributed by atoms with E-state index in [9.17, 15) is 0 Å². The first-order valence-corrected chi connectivity index (χ1v) is 23.6. The second-order valence-electron chi connectivity index (χ2n) is 14.8. The average Bonchev–Trinajstić information content (AvgIpc) is 3.93. The summed E-state index contributed by atoms with van der Waals surface area (Å²) in [5.41, 5.74) is 10.5. The van der Waals surface area contributed by atoms with Gasteiger partial charge in [-0.15, -0.1) is 0 Å². The number of fused-ring (bicyclic) bond motifs is 10. The Labute approximate surface area is 331 Å². The third-order valence-corrected chi connectivity index (χ3v) is 21.8. The SMILES string of the molecule is c1ccc(-c2nc(-c3ccccc3-n3c4ccccc4c4c5c(ccc43)oc3ccccc35)c3[c](n2)[Ge]([c]2ccccc2)([c]2ccccc2)[c]2ccccc2-3)cc1. The predicted octanol–water partition coefficient (Wildman–Crippen LogP) is 10.2. The summed E-state index contributed by atoms with van der Waals surface area (Å²) in [4.78, 5) is 11.4. The second kappa shape index (κ2) is 12.5. The zero-order chi connectivity index (χ0) is 37.5. The first-order valence-electron chi connectivity index (χ1n) is 19.4. The van der Waals surface area contributed by atoms with Crippen molar-refractivity contribution in [3.8, 4) is 39.5 Å². The Bertz CT molecular complexity index is 3310. The van der Waals surface area contributed by atoms with Crippen molar-refractivity contribution in [2.75, 3.05) is 0 Å². The van der Waals surface area contributed by atoms with Crippen LogP contribution in [0.4, 0.5) is 0 Å². The van der Waals surface area contributed by atoms with Crippen LogP contribution in [0.5, 0.6) is 0 Å². The molecule has 0 aliphatic carbocycles. The number of para-hydroxylation sites is 3. The van der Waals surface area contributed by atoms with E-state index in [1.807, 2.05) is 6.07 Å². The molecule has 12 rings (SSSR count). The van der Waals surface area contributed by atoms with Gasteiger partial charge in [-0.05, 0) is 0 Å². The summed E-state index contributed by atoms with van der Waals surface area (Å²) in [6.07, 6.45) is 0. The summed E-state index contributed by atoms with van der Waals surface area (Å²) in [5.74, 6) is 0.739. The molecule has 0 bridgehead atoms. The van der Waals surface area contributed by atoms with Gasteiger partial charge in [0, 0.05) is 0 Å². The number of nitrogens with zero attached hydrogens (tertiary/aromatic N) is 3. The molecule has 8 aromatic carbocycles. The number of furan rings is 1. The van der Waals surface area contributed by atoms with Crippen LogP contribution in [-0.2, 0) is 0 Å². The van der Waals surface area contributed by atoms with Gasteiger partial charge in [-0.25, -0.2) is 0 Å². The zero-order valence-corrected chi connectivity index (χ0v) is 32.9. The molecule has 0 atom stereocenters. The fraction of sp³-hybridized carbons (Fsp3) is 0. The van der Waals surface area contributed by atoms with Crippen molar-refractivity contribution in [2.24, 2.45) is 0 Å². The van der Waals surface area contributed by atoms with Crippen LogP contribution in [0.3, 0.4) is 0 Å². The molecule has 1 aliphatic rings. The molecule has 11 aromatic rings. The molecule has 57 heavy (non-hydrogen) atoms. The van der Waals surface area contributed by atoms with Gasteiger partial charge in [0.25, 0.3) is 0 Å². The van der Waals surface area contributed by atoms with Gasteiger partial charge in [-0.1, -0.05) is 6.07 Å². The maximum atomic E-state index is 6.43. The molecule has 0 saturated carbocycles. The van der Waals surface area contributed by atoms with Crippen molar-refractivity contribution < 1.29 is 4.42 Å². The summed E-state index contributed by atoms with van der Waals surface area (Å²) in [7, 11) is 0. The number of rotatable bonds is 5. The van der Waals surface area contributed by atoms with Gasteiger partial charge in [0.05, 0.1) is 0 Å². The number of aromatic nitrogens is 3. The van der Waals surface area contributed by atoms with Gasteiger partial charge >= 0.3 is 327 Å². The fourth-order valence-electron chi connectivity index (χ4n) is 9.58. The Kier molecular flexibility index (Phi) is 7.07. The summed E-state index contributed by atoms with van der Waals surface area (Å²) >= 11 is -3.73. The molecule has 0 amide bonds. The Morgan fingerprint density at radius 3 is 1.82 bits per heavy atom. The van der Waals surface area contributed by atoms with Crippen molar-refractivity contribution in [1.82, 2.24) is 14.5 Å². The Morgan fingerprint density at radius 1 is 0.439 bits per heavy atom. The van der Waals surface area contributed by atoms with E-state index in [0.29, 0.717) is 0 Å². The van der Waals surface area contributed by atoms with E-state index in [-0.39, 0.29) is 0 Å². The second-order valence-corrected chi connectivity index (χ2v) is 22.5. The van der Waals surface area contributed by atoms with Gasteiger partial charge in [0.2, 0.25) is 0 Å². The molecule has 0 unspecified atom stereocenters. The minimum atomic E-state index is -3.73. The molecule has 0 radical (unpaired) electrons. The monoisotopic (exact) mass is 789 g/mol. The molecule has 4 nitrogen and oxygen atoms in total. The van der Waals surface area contributed by atoms with Crippen molar-refractivity contribution in [3.63, 3.8) is 0 Å². The van der Waals surface area contributed by atoms with Gasteiger partial charge in [0.15, 0.2) is 0 Å². The summed E-state index contributed by atoms with van der Waals surface area (Å²) in [6, 6.07) is 72.1. The van der Waals surface area contributed by atoms with Crippen LogP contribution in [0, 0.1) is 0 Å². The summed E-state index contributed by atoms with van der Waals surface area (Å²) < 4.78 is 14.1. The molecule has 266 valence electrons. The zero-order valence-electron chi connectivity index (χ0n) is 30.8. The predicted molar refractivity (Wildman–Crippen MR) is 237 cm³/mol. The van der Waals surface area contributed by atoms with Gasteiger partial charge in [-0.2, -0.15) is 0 Å². The van der Waals surface area contributed by atoms with E-state index in [2.05, 4.69) is 199 Å². The van der Waals surface area contributed by atoms with Gasteiger partial charge in [0.1, 0.15) is 0 Å². The van der Waals surface area contributed by atoms with Gasteiger partial charge < -0.3 is 0 Å². The third-order valence-electron chi connectivity index (χ3n) is 11.9. The van der Waals surface area contributed by atoms with Crippen molar-refractivity contribution in [2.45, 2.75) is 0 Å². The molecule has 1 aliphatic heterocycles. The number of hydrogen-bond donors (Lipinski definition) is 0. The summed E-state index contributed by atoms with van der Waals surface area (Å²) in [6.45, 7) is 0. The topological polar surface area (TPSA) is 43.9 Å². The van der Waals surface area contributed by atoms with E-state index < -0.39 is 13.3 Å². The van der Waals surface area contributed by atoms with Crippen LogP contribution < -0.4 is 17.7 Å². The third kappa shape index (κ3) is 4.56. The van der Waals surface area contributed by atoms with E-state index in [1.165, 1.54) is 34.1 Å². The molecule has 4 heterocycles. The van der Waals surface area contributed by atoms with Crippen LogP contribution in [0.25, 0.3) is 83.2 Å². The maximum absolute atomic E-state index is 6.43. The molecule has 0 N–H and O–H groups in total. The Balaban J connectivity index is 1.23. The van der Waals surface area contributed by atoms with Crippen LogP contribution in [0.15, 0.2) is 205 Å². The van der Waals surface area contributed by atoms with Crippen LogP contribution in [0.1, 0.15) is 0 Å². The standard InChI is InChI=1S/C52H33GeN3O/c1-4-18-34(19-5-1)52-54-50(49-37-24-10-14-28-41(37)53(51(49)55-52,35-20-6-2-7-21-35)36-22-8-3-9-23-36)39-26-12-16-30-43(39)56-42-29-15-11-25-38(42)47-44(56)32-33-46-48(47)40-27-13-17-31-45(40)57-46/h1-33H. The Morgan fingerprint density at radius 2 is 1.05 bits per heavy atom. The first-order chi connectivity index (χ1) is 28.3. The van der Waals surface area contributed by atoms with E-state index >= 15 is 0 Å². The minimum absolute atomic E-state index is 0.739. The molecule has 3 aromatic heterocycles. The quantitative estimate of drug-likeness (QED) is 0.163. The van der Waals surface area contributed by atoms with Gasteiger partial charge in [-0.3, -0.25) is 0 Å². The summed E-state index contributed by atoms with van der Waals surface area (Å²) in [5, 5.41) is 4.64. The molecule has 5 heteroatoms. The van der Waals surface area contributed by atoms with Crippen LogP contribution in [-0.4, -0.2) is 27.8 Å². The molecular formula is C52H33GeN3O. The Hall–Kier alpha value is -7.02. The van der Waals surface area contributed by atoms with Crippen LogP contribution >= 0.6 is 0 Å². The molecule has 0 saturated heterocycles. The molecular weight excluding hydrogens is 755 g/mol. The average molecular weight is 788 g/mol. The van der Waals surface area contributed by atoms with E-state index in [1.54, 1.807) is 0 Å². The van der Waals surface area contributed by atoms with Crippen LogP contribution in [0.2, 0.25) is 0 Å². The molecule has 0 spiro atoms. The fourth-order valence-corrected chi connectivity index (χ4v) is 20.1. The molecule has 0 fully saturated rings.